The minimum Gasteiger partial charge on any atom is -0.497 e. The van der Waals surface area contributed by atoms with Crippen molar-refractivity contribution in [3.63, 3.8) is 0 Å². The Labute approximate surface area is 113 Å². The zero-order valence-electron chi connectivity index (χ0n) is 11.3. The molecule has 18 heavy (non-hydrogen) atoms. The van der Waals surface area contributed by atoms with E-state index in [9.17, 15) is 4.79 Å². The van der Waals surface area contributed by atoms with Crippen molar-refractivity contribution in [2.75, 3.05) is 13.7 Å². The van der Waals surface area contributed by atoms with Gasteiger partial charge in [0, 0.05) is 17.0 Å². The lowest BCUT2D eigenvalue weighted by molar-refractivity contribution is -0.128. The van der Waals surface area contributed by atoms with Crippen LogP contribution in [0.1, 0.15) is 26.3 Å². The van der Waals surface area contributed by atoms with E-state index in [0.29, 0.717) is 18.0 Å². The Bertz CT molecular complexity index is 424. The molecule has 0 atom stereocenters. The van der Waals surface area contributed by atoms with Gasteiger partial charge in [0.2, 0.25) is 5.91 Å². The van der Waals surface area contributed by atoms with Gasteiger partial charge in [-0.05, 0) is 24.1 Å². The molecule has 0 aliphatic heterocycles. The van der Waals surface area contributed by atoms with Gasteiger partial charge in [-0.15, -0.1) is 0 Å². The van der Waals surface area contributed by atoms with Crippen molar-refractivity contribution >= 4 is 17.5 Å². The monoisotopic (exact) mass is 269 g/mol. The molecule has 0 spiro atoms. The topological polar surface area (TPSA) is 38.3 Å². The number of amides is 1. The first-order valence-corrected chi connectivity index (χ1v) is 6.33. The van der Waals surface area contributed by atoms with Crippen LogP contribution in [-0.2, 0) is 11.2 Å². The molecule has 0 radical (unpaired) electrons. The molecule has 0 bridgehead atoms. The lowest BCUT2D eigenvalue weighted by atomic mass is 9.95. The minimum absolute atomic E-state index is 0.0483. The zero-order chi connectivity index (χ0) is 13.8. The number of nitrogens with one attached hydrogen (secondary N) is 1. The summed E-state index contributed by atoms with van der Waals surface area (Å²) in [5.74, 6) is 0.787. The van der Waals surface area contributed by atoms with Gasteiger partial charge in [-0.1, -0.05) is 38.4 Å². The van der Waals surface area contributed by atoms with Gasteiger partial charge >= 0.3 is 0 Å². The third kappa shape index (κ3) is 4.22. The lowest BCUT2D eigenvalue weighted by Gasteiger charge is -2.17. The highest BCUT2D eigenvalue weighted by Gasteiger charge is 2.20. The van der Waals surface area contributed by atoms with Crippen LogP contribution in [-0.4, -0.2) is 19.6 Å². The van der Waals surface area contributed by atoms with Crippen LogP contribution < -0.4 is 10.1 Å². The molecule has 0 saturated heterocycles. The van der Waals surface area contributed by atoms with Crippen LogP contribution in [0, 0.1) is 5.41 Å². The summed E-state index contributed by atoms with van der Waals surface area (Å²) >= 11 is 6.12. The van der Waals surface area contributed by atoms with E-state index in [1.165, 1.54) is 0 Å². The third-order valence-corrected chi connectivity index (χ3v) is 2.97. The highest BCUT2D eigenvalue weighted by Crippen LogP contribution is 2.22. The van der Waals surface area contributed by atoms with Gasteiger partial charge in [0.1, 0.15) is 5.75 Å². The van der Waals surface area contributed by atoms with E-state index >= 15 is 0 Å². The molecule has 1 aromatic carbocycles. The standard InChI is InChI=1S/C14H20ClNO2/c1-14(2,3)13(17)16-8-7-10-5-6-11(18-4)9-12(10)15/h5-6,9H,7-8H2,1-4H3,(H,16,17). The Morgan fingerprint density at radius 1 is 1.39 bits per heavy atom. The fourth-order valence-electron chi connectivity index (χ4n) is 1.43. The van der Waals surface area contributed by atoms with Crippen molar-refractivity contribution in [3.8, 4) is 5.75 Å². The fraction of sp³-hybridized carbons (Fsp3) is 0.500. The van der Waals surface area contributed by atoms with Gasteiger partial charge in [-0.25, -0.2) is 0 Å². The smallest absolute Gasteiger partial charge is 0.225 e. The molecule has 4 heteroatoms. The largest absolute Gasteiger partial charge is 0.497 e. The number of hydrogen-bond acceptors (Lipinski definition) is 2. The molecule has 0 aliphatic rings. The molecule has 1 aromatic rings. The van der Waals surface area contributed by atoms with Crippen LogP contribution >= 0.6 is 11.6 Å². The summed E-state index contributed by atoms with van der Waals surface area (Å²) in [5, 5.41) is 3.56. The van der Waals surface area contributed by atoms with Gasteiger partial charge in [0.25, 0.3) is 0 Å². The van der Waals surface area contributed by atoms with Gasteiger partial charge in [-0.2, -0.15) is 0 Å². The summed E-state index contributed by atoms with van der Waals surface area (Å²) in [6.07, 6.45) is 0.713. The third-order valence-electron chi connectivity index (χ3n) is 2.62. The van der Waals surface area contributed by atoms with E-state index in [4.69, 9.17) is 16.3 Å². The Kier molecular flexibility index (Phi) is 5.03. The van der Waals surface area contributed by atoms with E-state index < -0.39 is 0 Å². The second-order valence-corrected chi connectivity index (χ2v) is 5.62. The summed E-state index contributed by atoms with van der Waals surface area (Å²) in [7, 11) is 1.61. The quantitative estimate of drug-likeness (QED) is 0.912. The number of carbonyl (C=O) groups is 1. The Balaban J connectivity index is 2.52. The van der Waals surface area contributed by atoms with Crippen molar-refractivity contribution in [1.29, 1.82) is 0 Å². The highest BCUT2D eigenvalue weighted by molar-refractivity contribution is 6.31. The van der Waals surface area contributed by atoms with Crippen LogP contribution in [0.25, 0.3) is 0 Å². The predicted molar refractivity (Wildman–Crippen MR) is 74.2 cm³/mol. The first-order valence-electron chi connectivity index (χ1n) is 5.95. The van der Waals surface area contributed by atoms with E-state index in [2.05, 4.69) is 5.32 Å². The summed E-state index contributed by atoms with van der Waals surface area (Å²) in [4.78, 5) is 11.7. The Morgan fingerprint density at radius 2 is 2.06 bits per heavy atom. The summed E-state index contributed by atoms with van der Waals surface area (Å²) < 4.78 is 5.08. The van der Waals surface area contributed by atoms with Crippen LogP contribution in [0.3, 0.4) is 0 Å². The molecule has 0 unspecified atom stereocenters. The zero-order valence-corrected chi connectivity index (χ0v) is 12.1. The number of hydrogen-bond donors (Lipinski definition) is 1. The molecule has 0 fully saturated rings. The van der Waals surface area contributed by atoms with Crippen LogP contribution in [0.4, 0.5) is 0 Å². The number of carbonyl (C=O) groups excluding carboxylic acids is 1. The van der Waals surface area contributed by atoms with Crippen molar-refractivity contribution < 1.29 is 9.53 Å². The molecular weight excluding hydrogens is 250 g/mol. The molecule has 0 aromatic heterocycles. The van der Waals surface area contributed by atoms with E-state index in [0.717, 1.165) is 11.3 Å². The first kappa shape index (κ1) is 14.8. The van der Waals surface area contributed by atoms with E-state index in [1.807, 2.05) is 32.9 Å². The average molecular weight is 270 g/mol. The summed E-state index contributed by atoms with van der Waals surface area (Å²) in [5.41, 5.74) is 0.649. The van der Waals surface area contributed by atoms with Crippen molar-refractivity contribution in [1.82, 2.24) is 5.32 Å². The molecule has 1 amide bonds. The van der Waals surface area contributed by atoms with Crippen LogP contribution in [0.5, 0.6) is 5.75 Å². The average Bonchev–Trinajstić information content (AvgIpc) is 2.29. The van der Waals surface area contributed by atoms with Crippen molar-refractivity contribution in [2.45, 2.75) is 27.2 Å². The second-order valence-electron chi connectivity index (χ2n) is 5.21. The molecule has 0 heterocycles. The molecule has 3 nitrogen and oxygen atoms in total. The molecule has 0 aliphatic carbocycles. The molecule has 0 saturated carbocycles. The fourth-order valence-corrected chi connectivity index (χ4v) is 1.70. The highest BCUT2D eigenvalue weighted by atomic mass is 35.5. The Morgan fingerprint density at radius 3 is 2.56 bits per heavy atom. The maximum atomic E-state index is 11.7. The minimum atomic E-state index is -0.357. The van der Waals surface area contributed by atoms with Gasteiger partial charge in [-0.3, -0.25) is 4.79 Å². The lowest BCUT2D eigenvalue weighted by Crippen LogP contribution is -2.35. The predicted octanol–water partition coefficient (Wildman–Crippen LogP) is 3.05. The summed E-state index contributed by atoms with van der Waals surface area (Å²) in [6.45, 7) is 6.26. The molecule has 1 N–H and O–H groups in total. The van der Waals surface area contributed by atoms with Gasteiger partial charge < -0.3 is 10.1 Å². The number of methoxy groups -OCH3 is 1. The maximum absolute atomic E-state index is 11.7. The molecule has 1 rings (SSSR count). The number of rotatable bonds is 4. The number of halogens is 1. The van der Waals surface area contributed by atoms with Gasteiger partial charge in [0.05, 0.1) is 7.11 Å². The van der Waals surface area contributed by atoms with Gasteiger partial charge in [0.15, 0.2) is 0 Å². The van der Waals surface area contributed by atoms with E-state index in [1.54, 1.807) is 13.2 Å². The second kappa shape index (κ2) is 6.10. The maximum Gasteiger partial charge on any atom is 0.225 e. The van der Waals surface area contributed by atoms with Crippen LogP contribution in [0.2, 0.25) is 5.02 Å². The first-order chi connectivity index (χ1) is 8.34. The van der Waals surface area contributed by atoms with E-state index in [-0.39, 0.29) is 11.3 Å². The van der Waals surface area contributed by atoms with Crippen molar-refractivity contribution in [3.05, 3.63) is 28.8 Å². The SMILES string of the molecule is COc1ccc(CCNC(=O)C(C)(C)C)c(Cl)c1. The normalized spacial score (nSPS) is 11.2. The number of benzene rings is 1. The van der Waals surface area contributed by atoms with Crippen LogP contribution in [0.15, 0.2) is 18.2 Å². The van der Waals surface area contributed by atoms with Crippen molar-refractivity contribution in [2.24, 2.45) is 5.41 Å². The molecular formula is C14H20ClNO2. The number of ether oxygens (including phenoxy) is 1. The Hall–Kier alpha value is -1.22. The summed E-state index contributed by atoms with van der Waals surface area (Å²) in [6, 6.07) is 5.57. The molecule has 100 valence electrons.